The maximum atomic E-state index is 2.47. The van der Waals surface area contributed by atoms with Crippen molar-refractivity contribution in [3.8, 4) is 50.2 Å². The Balaban J connectivity index is 1.11. The first-order chi connectivity index (χ1) is 31.8. The second kappa shape index (κ2) is 15.8. The van der Waals surface area contributed by atoms with Crippen molar-refractivity contribution >= 4 is 60.4 Å². The Labute approximate surface area is 373 Å². The molecular formula is C62H42N2. The van der Waals surface area contributed by atoms with E-state index in [1.54, 1.807) is 0 Å². The molecule has 0 aliphatic carbocycles. The lowest BCUT2D eigenvalue weighted by atomic mass is 9.93. The van der Waals surface area contributed by atoms with Gasteiger partial charge in [-0.2, -0.15) is 0 Å². The van der Waals surface area contributed by atoms with E-state index in [1.165, 1.54) is 65.6 Å². The van der Waals surface area contributed by atoms with Crippen LogP contribution in [0, 0.1) is 0 Å². The van der Waals surface area contributed by atoms with Gasteiger partial charge in [0.1, 0.15) is 0 Å². The Hall–Kier alpha value is -8.46. The van der Waals surface area contributed by atoms with Gasteiger partial charge < -0.3 is 9.47 Å². The van der Waals surface area contributed by atoms with Crippen LogP contribution in [0.5, 0.6) is 0 Å². The molecular weight excluding hydrogens is 773 g/mol. The molecule has 12 rings (SSSR count). The van der Waals surface area contributed by atoms with Gasteiger partial charge in [-0.15, -0.1) is 0 Å². The van der Waals surface area contributed by atoms with Gasteiger partial charge in [0.05, 0.1) is 22.4 Å². The summed E-state index contributed by atoms with van der Waals surface area (Å²) in [7, 11) is 0. The van der Waals surface area contributed by atoms with Crippen molar-refractivity contribution in [2.75, 3.05) is 4.90 Å². The van der Waals surface area contributed by atoms with Crippen molar-refractivity contribution in [3.63, 3.8) is 0 Å². The molecule has 1 aromatic heterocycles. The number of hydrogen-bond acceptors (Lipinski definition) is 1. The van der Waals surface area contributed by atoms with E-state index in [9.17, 15) is 0 Å². The number of nitrogens with zero attached hydrogens (tertiary/aromatic N) is 2. The molecule has 1 heterocycles. The third-order valence-electron chi connectivity index (χ3n) is 12.8. The molecule has 12 aromatic rings. The van der Waals surface area contributed by atoms with Crippen molar-refractivity contribution in [3.05, 3.63) is 255 Å². The molecule has 0 fully saturated rings. The lowest BCUT2D eigenvalue weighted by Crippen LogP contribution is -2.12. The molecule has 2 heteroatoms. The van der Waals surface area contributed by atoms with Gasteiger partial charge in [-0.05, 0) is 110 Å². The van der Waals surface area contributed by atoms with E-state index >= 15 is 0 Å². The zero-order valence-electron chi connectivity index (χ0n) is 35.1. The normalized spacial score (nSPS) is 11.4. The van der Waals surface area contributed by atoms with Crippen molar-refractivity contribution in [2.45, 2.75) is 0 Å². The average molecular weight is 815 g/mol. The van der Waals surface area contributed by atoms with Crippen LogP contribution in [0.1, 0.15) is 0 Å². The van der Waals surface area contributed by atoms with Crippen LogP contribution in [-0.2, 0) is 0 Å². The van der Waals surface area contributed by atoms with E-state index in [1.807, 2.05) is 0 Å². The summed E-state index contributed by atoms with van der Waals surface area (Å²) in [5, 5.41) is 7.42. The minimum absolute atomic E-state index is 1.07. The molecule has 0 radical (unpaired) electrons. The standard InChI is InChI=1S/C62H42N2/c1-2-17-43(18-3-1)47-37-40-62(58(42-47)48-23-14-24-50(41-48)64-60-33-12-9-28-56(60)57-29-10-13-34-61(57)64)63(49-38-35-46(36-39-49)52-30-15-21-44-19-4-6-25-51(44)52)59-32-11-8-27-55(59)54-31-16-22-45-20-5-7-26-53(45)54/h1-42H. The van der Waals surface area contributed by atoms with Crippen LogP contribution in [0.3, 0.4) is 0 Å². The van der Waals surface area contributed by atoms with Crippen LogP contribution in [0.2, 0.25) is 0 Å². The highest BCUT2D eigenvalue weighted by molar-refractivity contribution is 6.09. The monoisotopic (exact) mass is 814 g/mol. The zero-order valence-corrected chi connectivity index (χ0v) is 35.1. The van der Waals surface area contributed by atoms with Gasteiger partial charge in [-0.25, -0.2) is 0 Å². The smallest absolute Gasteiger partial charge is 0.0541 e. The number of benzene rings is 11. The maximum Gasteiger partial charge on any atom is 0.0541 e. The third-order valence-corrected chi connectivity index (χ3v) is 12.8. The topological polar surface area (TPSA) is 8.17 Å². The van der Waals surface area contributed by atoms with Crippen LogP contribution in [0.25, 0.3) is 93.5 Å². The number of para-hydroxylation sites is 3. The van der Waals surface area contributed by atoms with E-state index in [4.69, 9.17) is 0 Å². The average Bonchev–Trinajstić information content (AvgIpc) is 3.71. The summed E-state index contributed by atoms with van der Waals surface area (Å²) in [6, 6.07) is 92.9. The van der Waals surface area contributed by atoms with Gasteiger partial charge in [0, 0.05) is 33.3 Å². The van der Waals surface area contributed by atoms with Crippen LogP contribution in [0.15, 0.2) is 255 Å². The van der Waals surface area contributed by atoms with Crippen LogP contribution < -0.4 is 4.90 Å². The maximum absolute atomic E-state index is 2.47. The summed E-state index contributed by atoms with van der Waals surface area (Å²) in [6.45, 7) is 0. The van der Waals surface area contributed by atoms with E-state index in [0.717, 1.165) is 45.0 Å². The second-order valence-corrected chi connectivity index (χ2v) is 16.5. The Morgan fingerprint density at radius 2 is 0.766 bits per heavy atom. The largest absolute Gasteiger partial charge is 0.309 e. The lowest BCUT2D eigenvalue weighted by Gasteiger charge is -2.31. The number of fused-ring (bicyclic) bond motifs is 5. The molecule has 0 saturated heterocycles. The second-order valence-electron chi connectivity index (χ2n) is 16.5. The highest BCUT2D eigenvalue weighted by Crippen LogP contribution is 2.48. The number of hydrogen-bond donors (Lipinski definition) is 0. The summed E-state index contributed by atoms with van der Waals surface area (Å²) in [5.74, 6) is 0. The fraction of sp³-hybridized carbons (Fsp3) is 0. The quantitative estimate of drug-likeness (QED) is 0.148. The zero-order chi connectivity index (χ0) is 42.4. The van der Waals surface area contributed by atoms with E-state index in [-0.39, 0.29) is 0 Å². The number of anilines is 3. The third kappa shape index (κ3) is 6.44. The van der Waals surface area contributed by atoms with Gasteiger partial charge in [0.15, 0.2) is 0 Å². The summed E-state index contributed by atoms with van der Waals surface area (Å²) in [4.78, 5) is 2.47. The summed E-state index contributed by atoms with van der Waals surface area (Å²) < 4.78 is 2.41. The molecule has 0 aliphatic rings. The fourth-order valence-corrected chi connectivity index (χ4v) is 9.82. The van der Waals surface area contributed by atoms with Gasteiger partial charge in [0.2, 0.25) is 0 Å². The Bertz CT molecular complexity index is 3610. The number of rotatable bonds is 8. The van der Waals surface area contributed by atoms with Crippen LogP contribution in [0.4, 0.5) is 17.1 Å². The van der Waals surface area contributed by atoms with Crippen molar-refractivity contribution in [2.24, 2.45) is 0 Å². The predicted octanol–water partition coefficient (Wildman–Crippen LogP) is 17.2. The minimum atomic E-state index is 1.07. The van der Waals surface area contributed by atoms with Crippen LogP contribution in [-0.4, -0.2) is 4.57 Å². The molecule has 0 atom stereocenters. The molecule has 11 aromatic carbocycles. The molecule has 2 nitrogen and oxygen atoms in total. The Morgan fingerprint density at radius 1 is 0.266 bits per heavy atom. The van der Waals surface area contributed by atoms with Gasteiger partial charge in [0.25, 0.3) is 0 Å². The van der Waals surface area contributed by atoms with Crippen LogP contribution >= 0.6 is 0 Å². The summed E-state index contributed by atoms with van der Waals surface area (Å²) >= 11 is 0. The van der Waals surface area contributed by atoms with E-state index in [0.29, 0.717) is 0 Å². The highest BCUT2D eigenvalue weighted by Gasteiger charge is 2.23. The Morgan fingerprint density at radius 3 is 1.48 bits per heavy atom. The van der Waals surface area contributed by atoms with Crippen molar-refractivity contribution in [1.29, 1.82) is 0 Å². The minimum Gasteiger partial charge on any atom is -0.309 e. The van der Waals surface area contributed by atoms with Gasteiger partial charge >= 0.3 is 0 Å². The fourth-order valence-electron chi connectivity index (χ4n) is 9.82. The first kappa shape index (κ1) is 37.3. The van der Waals surface area contributed by atoms with Gasteiger partial charge in [-0.3, -0.25) is 0 Å². The molecule has 0 saturated carbocycles. The lowest BCUT2D eigenvalue weighted by molar-refractivity contribution is 1.18. The van der Waals surface area contributed by atoms with Crippen molar-refractivity contribution < 1.29 is 0 Å². The molecule has 0 aliphatic heterocycles. The molecule has 64 heavy (non-hydrogen) atoms. The molecule has 0 N–H and O–H groups in total. The first-order valence-corrected chi connectivity index (χ1v) is 22.0. The Kier molecular flexibility index (Phi) is 9.20. The summed E-state index contributed by atoms with van der Waals surface area (Å²) in [6.07, 6.45) is 0. The van der Waals surface area contributed by atoms with Gasteiger partial charge in [-0.1, -0.05) is 200 Å². The van der Waals surface area contributed by atoms with E-state index < -0.39 is 0 Å². The first-order valence-electron chi connectivity index (χ1n) is 22.0. The molecule has 0 spiro atoms. The molecule has 300 valence electrons. The SMILES string of the molecule is c1ccc(-c2ccc(N(c3ccc(-c4cccc5ccccc45)cc3)c3ccccc3-c3cccc4ccccc34)c(-c3cccc(-n4c5ccccc5c5ccccc54)c3)c2)cc1. The van der Waals surface area contributed by atoms with E-state index in [2.05, 4.69) is 264 Å². The highest BCUT2D eigenvalue weighted by atomic mass is 15.1. The number of aromatic nitrogens is 1. The molecule has 0 bridgehead atoms. The van der Waals surface area contributed by atoms with Crippen molar-refractivity contribution in [1.82, 2.24) is 4.57 Å². The summed E-state index contributed by atoms with van der Waals surface area (Å²) in [5.41, 5.74) is 16.1. The predicted molar refractivity (Wildman–Crippen MR) is 272 cm³/mol. The molecule has 0 unspecified atom stereocenters. The molecule has 0 amide bonds.